The molecule has 182 valence electrons. The van der Waals surface area contributed by atoms with E-state index in [0.29, 0.717) is 26.5 Å². The normalized spacial score (nSPS) is 23.1. The van der Waals surface area contributed by atoms with E-state index in [9.17, 15) is 14.3 Å². The topological polar surface area (TPSA) is 96.1 Å². The van der Waals surface area contributed by atoms with E-state index in [-0.39, 0.29) is 41.4 Å². The smallest absolute Gasteiger partial charge is 0.307 e. The van der Waals surface area contributed by atoms with Crippen LogP contribution in [-0.2, 0) is 11.2 Å². The Hall–Kier alpha value is -3.71. The van der Waals surface area contributed by atoms with Gasteiger partial charge in [-0.15, -0.1) is 0 Å². The molecular formula is C26H21F2N5O2S. The van der Waals surface area contributed by atoms with Crippen molar-refractivity contribution in [1.29, 1.82) is 0 Å². The average Bonchev–Trinajstić information content (AvgIpc) is 3.53. The van der Waals surface area contributed by atoms with Gasteiger partial charge in [0.2, 0.25) is 5.00 Å². The van der Waals surface area contributed by atoms with Crippen molar-refractivity contribution in [3.8, 4) is 22.0 Å². The second-order valence-electron chi connectivity index (χ2n) is 9.57. The van der Waals surface area contributed by atoms with Crippen LogP contribution in [0.4, 0.5) is 13.8 Å². The lowest BCUT2D eigenvalue weighted by Gasteiger charge is -2.46. The van der Waals surface area contributed by atoms with E-state index < -0.39 is 23.5 Å². The summed E-state index contributed by atoms with van der Waals surface area (Å²) in [7, 11) is 0. The van der Waals surface area contributed by atoms with Crippen LogP contribution in [0.1, 0.15) is 31.4 Å². The standard InChI is InChI=1S/C26H21F2N5O2S/c1-29-20-7-6-19(36-20)23-22(28)18(9-15-12-2-4-13(5-3-12)21(15)26(34)35)32-25(33-23)17-11-31-24-16(17)8-14(27)10-30-24/h6-8,10-13,15,21H,2-5,9H2,(H,30,31)(H,34,35). The number of hydrogen-bond donors (Lipinski definition) is 2. The Morgan fingerprint density at radius 3 is 2.69 bits per heavy atom. The zero-order chi connectivity index (χ0) is 25.0. The number of carboxylic acids is 1. The number of thiophene rings is 1. The molecule has 0 aliphatic heterocycles. The highest BCUT2D eigenvalue weighted by molar-refractivity contribution is 7.19. The second-order valence-corrected chi connectivity index (χ2v) is 10.6. The molecule has 2 N–H and O–H groups in total. The van der Waals surface area contributed by atoms with Crippen LogP contribution in [0.3, 0.4) is 0 Å². The highest BCUT2D eigenvalue weighted by Crippen LogP contribution is 2.50. The van der Waals surface area contributed by atoms with Crippen LogP contribution in [0.25, 0.3) is 37.8 Å². The summed E-state index contributed by atoms with van der Waals surface area (Å²) < 4.78 is 30.0. The minimum absolute atomic E-state index is 0.0569. The maximum absolute atomic E-state index is 16.0. The molecule has 36 heavy (non-hydrogen) atoms. The molecule has 2 unspecified atom stereocenters. The molecule has 4 aromatic heterocycles. The van der Waals surface area contributed by atoms with Gasteiger partial charge in [-0.25, -0.2) is 28.6 Å². The number of nitrogens with zero attached hydrogens (tertiary/aromatic N) is 4. The summed E-state index contributed by atoms with van der Waals surface area (Å²) in [5.74, 6) is -2.19. The molecule has 0 amide bonds. The molecule has 2 bridgehead atoms. The maximum atomic E-state index is 16.0. The fourth-order valence-electron chi connectivity index (χ4n) is 6.07. The number of fused-ring (bicyclic) bond motifs is 4. The quantitative estimate of drug-likeness (QED) is 0.312. The van der Waals surface area contributed by atoms with Crippen molar-refractivity contribution < 1.29 is 18.7 Å². The third-order valence-electron chi connectivity index (χ3n) is 7.70. The SMILES string of the molecule is [C-]#[N+]c1ccc(-c2nc(-c3c[nH]c4ncc(F)cc34)nc(CC3C4CCC(CC4)C3C(=O)O)c2F)s1. The molecule has 3 fully saturated rings. The van der Waals surface area contributed by atoms with Gasteiger partial charge in [-0.2, -0.15) is 11.3 Å². The molecule has 7 rings (SSSR count). The highest BCUT2D eigenvalue weighted by Gasteiger charge is 2.47. The Kier molecular flexibility index (Phi) is 5.52. The number of hydrogen-bond acceptors (Lipinski definition) is 5. The Bertz CT molecular complexity index is 1530. The van der Waals surface area contributed by atoms with Crippen LogP contribution in [-0.4, -0.2) is 31.0 Å². The highest BCUT2D eigenvalue weighted by atomic mass is 32.1. The number of H-pyrrole nitrogens is 1. The van der Waals surface area contributed by atoms with Gasteiger partial charge in [-0.3, -0.25) is 4.79 Å². The van der Waals surface area contributed by atoms with Crippen molar-refractivity contribution in [2.75, 3.05) is 0 Å². The van der Waals surface area contributed by atoms with Gasteiger partial charge in [0, 0.05) is 22.0 Å². The first kappa shape index (κ1) is 22.7. The van der Waals surface area contributed by atoms with Gasteiger partial charge < -0.3 is 10.1 Å². The van der Waals surface area contributed by atoms with Gasteiger partial charge in [0.05, 0.1) is 24.4 Å². The van der Waals surface area contributed by atoms with Crippen molar-refractivity contribution >= 4 is 33.3 Å². The summed E-state index contributed by atoms with van der Waals surface area (Å²) in [6.07, 6.45) is 6.57. The van der Waals surface area contributed by atoms with Gasteiger partial charge in [0.1, 0.15) is 17.2 Å². The number of carboxylic acid groups (broad SMARTS) is 1. The van der Waals surface area contributed by atoms with E-state index in [1.165, 1.54) is 6.07 Å². The number of pyridine rings is 1. The first-order chi connectivity index (χ1) is 17.4. The van der Waals surface area contributed by atoms with Crippen molar-refractivity contribution in [3.63, 3.8) is 0 Å². The summed E-state index contributed by atoms with van der Waals surface area (Å²) in [6, 6.07) is 4.58. The third-order valence-corrected chi connectivity index (χ3v) is 8.69. The van der Waals surface area contributed by atoms with Crippen molar-refractivity contribution in [2.45, 2.75) is 32.1 Å². The summed E-state index contributed by atoms with van der Waals surface area (Å²) in [6.45, 7) is 7.27. The molecule has 4 aromatic rings. The predicted octanol–water partition coefficient (Wildman–Crippen LogP) is 6.26. The van der Waals surface area contributed by atoms with E-state index in [4.69, 9.17) is 6.57 Å². The second kappa shape index (κ2) is 8.75. The Balaban J connectivity index is 1.50. The zero-order valence-corrected chi connectivity index (χ0v) is 19.9. The van der Waals surface area contributed by atoms with Gasteiger partial charge in [-0.05, 0) is 62.0 Å². The molecule has 0 aromatic carbocycles. The van der Waals surface area contributed by atoms with Crippen LogP contribution in [0.5, 0.6) is 0 Å². The first-order valence-corrected chi connectivity index (χ1v) is 12.6. The zero-order valence-electron chi connectivity index (χ0n) is 19.0. The van der Waals surface area contributed by atoms with E-state index in [1.807, 2.05) is 0 Å². The molecule has 2 atom stereocenters. The summed E-state index contributed by atoms with van der Waals surface area (Å²) in [5, 5.41) is 10.9. The van der Waals surface area contributed by atoms with E-state index in [0.717, 1.165) is 43.2 Å². The fourth-order valence-corrected chi connectivity index (χ4v) is 6.84. The number of aromatic nitrogens is 4. The Morgan fingerprint density at radius 1 is 1.19 bits per heavy atom. The van der Waals surface area contributed by atoms with Gasteiger partial charge in [-0.1, -0.05) is 6.07 Å². The van der Waals surface area contributed by atoms with E-state index in [1.54, 1.807) is 18.3 Å². The molecule has 4 heterocycles. The third kappa shape index (κ3) is 3.75. The summed E-state index contributed by atoms with van der Waals surface area (Å²) >= 11 is 1.13. The molecule has 7 nitrogen and oxygen atoms in total. The van der Waals surface area contributed by atoms with Crippen LogP contribution < -0.4 is 0 Å². The first-order valence-electron chi connectivity index (χ1n) is 11.8. The number of aromatic amines is 1. The molecule has 0 radical (unpaired) electrons. The minimum atomic E-state index is -0.831. The van der Waals surface area contributed by atoms with Crippen molar-refractivity contribution in [2.24, 2.45) is 23.7 Å². The average molecular weight is 506 g/mol. The Labute approximate surface area is 209 Å². The molecule has 3 aliphatic carbocycles. The van der Waals surface area contributed by atoms with Crippen LogP contribution in [0, 0.1) is 41.9 Å². The van der Waals surface area contributed by atoms with E-state index in [2.05, 4.69) is 24.8 Å². The minimum Gasteiger partial charge on any atom is -0.481 e. The molecule has 10 heteroatoms. The number of carbonyl (C=O) groups is 1. The lowest BCUT2D eigenvalue weighted by Crippen LogP contribution is -2.45. The monoisotopic (exact) mass is 505 g/mol. The van der Waals surface area contributed by atoms with Crippen molar-refractivity contribution in [1.82, 2.24) is 19.9 Å². The fraction of sp³-hybridized carbons (Fsp3) is 0.346. The summed E-state index contributed by atoms with van der Waals surface area (Å²) in [4.78, 5) is 32.2. The van der Waals surface area contributed by atoms with Crippen molar-refractivity contribution in [3.05, 3.63) is 59.3 Å². The van der Waals surface area contributed by atoms with Gasteiger partial charge in [0.15, 0.2) is 11.6 Å². The molecule has 0 saturated heterocycles. The Morgan fingerprint density at radius 2 is 1.97 bits per heavy atom. The van der Waals surface area contributed by atoms with Crippen LogP contribution in [0.15, 0.2) is 30.6 Å². The van der Waals surface area contributed by atoms with Gasteiger partial charge in [0.25, 0.3) is 0 Å². The number of halogens is 2. The van der Waals surface area contributed by atoms with Gasteiger partial charge >= 0.3 is 5.97 Å². The van der Waals surface area contributed by atoms with E-state index >= 15 is 4.39 Å². The van der Waals surface area contributed by atoms with Crippen LogP contribution in [0.2, 0.25) is 0 Å². The predicted molar refractivity (Wildman–Crippen MR) is 130 cm³/mol. The largest absolute Gasteiger partial charge is 0.481 e. The molecule has 3 aliphatic rings. The van der Waals surface area contributed by atoms with Crippen LogP contribution >= 0.6 is 11.3 Å². The number of rotatable bonds is 5. The maximum Gasteiger partial charge on any atom is 0.307 e. The summed E-state index contributed by atoms with van der Waals surface area (Å²) in [5.41, 5.74) is 1.13. The lowest BCUT2D eigenvalue weighted by molar-refractivity contribution is -0.152. The number of nitrogens with one attached hydrogen (secondary N) is 1. The lowest BCUT2D eigenvalue weighted by atomic mass is 9.57. The number of aliphatic carboxylic acids is 1. The molecule has 3 saturated carbocycles. The molecule has 0 spiro atoms. The molecular weight excluding hydrogens is 484 g/mol.